The van der Waals surface area contributed by atoms with E-state index in [9.17, 15) is 44.2 Å². The molecule has 274 valence electrons. The molecule has 0 saturated carbocycles. The molecule has 0 aliphatic carbocycles. The van der Waals surface area contributed by atoms with E-state index in [1.54, 1.807) is 30.3 Å². The van der Waals surface area contributed by atoms with Crippen LogP contribution in [-0.4, -0.2) is 82.0 Å². The molecule has 18 nitrogen and oxygen atoms in total. The fourth-order valence-electron chi connectivity index (χ4n) is 5.76. The highest BCUT2D eigenvalue weighted by Crippen LogP contribution is 2.28. The maximum atomic E-state index is 14.0. The van der Waals surface area contributed by atoms with Gasteiger partial charge in [0.2, 0.25) is 23.6 Å². The van der Waals surface area contributed by atoms with E-state index in [1.807, 2.05) is 18.2 Å². The van der Waals surface area contributed by atoms with Gasteiger partial charge in [0.25, 0.3) is 17.3 Å². The van der Waals surface area contributed by atoms with Crippen LogP contribution in [0, 0.1) is 20.2 Å². The molecule has 0 aromatic heterocycles. The minimum Gasteiger partial charge on any atom is -0.398 e. The number of anilines is 2. The third-order valence-corrected chi connectivity index (χ3v) is 8.37. The van der Waals surface area contributed by atoms with Crippen molar-refractivity contribution in [2.75, 3.05) is 30.7 Å². The monoisotopic (exact) mass is 717 g/mol. The molecule has 1 aliphatic rings. The highest BCUT2D eigenvalue weighted by molar-refractivity contribution is 6.02. The number of primary amides is 1. The fraction of sp³-hybridized carbons (Fsp3) is 0.324. The molecule has 52 heavy (non-hydrogen) atoms. The highest BCUT2D eigenvalue weighted by atomic mass is 16.6. The summed E-state index contributed by atoms with van der Waals surface area (Å²) in [4.78, 5) is 88.0. The first-order valence-corrected chi connectivity index (χ1v) is 16.4. The Hall–Kier alpha value is -6.59. The van der Waals surface area contributed by atoms with E-state index in [4.69, 9.17) is 11.5 Å². The number of para-hydroxylation sites is 1. The van der Waals surface area contributed by atoms with Gasteiger partial charge in [-0.2, -0.15) is 0 Å². The van der Waals surface area contributed by atoms with E-state index in [0.29, 0.717) is 6.42 Å². The standard InChI is InChI=1S/C34H39N9O9/c35-24-10-5-4-9-23(24)31(45)40-27(19-21-7-2-1-3-8-21)34(48)41-18-6-11-28(41)33(47)39-26(14-15-30(36)44)32(46)38-17-16-37-25-13-12-22(42(49)50)20-29(25)43(51)52/h1-5,7-10,12-13,20,26-28,37H,6,11,14-19,35H2,(H2,36,44)(H,38,46)(H,39,47)(H,40,45). The molecule has 0 spiro atoms. The van der Waals surface area contributed by atoms with Crippen molar-refractivity contribution in [3.05, 3.63) is 104 Å². The minimum atomic E-state index is -1.23. The Labute approximate surface area is 297 Å². The van der Waals surface area contributed by atoms with Crippen LogP contribution in [0.15, 0.2) is 72.8 Å². The Morgan fingerprint density at radius 3 is 2.27 bits per heavy atom. The fourth-order valence-corrected chi connectivity index (χ4v) is 5.76. The van der Waals surface area contributed by atoms with Crippen molar-refractivity contribution in [3.63, 3.8) is 0 Å². The zero-order valence-corrected chi connectivity index (χ0v) is 28.0. The van der Waals surface area contributed by atoms with Gasteiger partial charge in [0.15, 0.2) is 0 Å². The van der Waals surface area contributed by atoms with E-state index in [-0.39, 0.29) is 62.3 Å². The molecule has 1 saturated heterocycles. The summed E-state index contributed by atoms with van der Waals surface area (Å²) in [6.45, 7) is 0.0931. The molecular weight excluding hydrogens is 678 g/mol. The number of nitrogens with zero attached hydrogens (tertiary/aromatic N) is 3. The van der Waals surface area contributed by atoms with E-state index >= 15 is 0 Å². The first-order valence-electron chi connectivity index (χ1n) is 16.4. The van der Waals surface area contributed by atoms with Gasteiger partial charge in [0.1, 0.15) is 23.8 Å². The molecule has 0 radical (unpaired) electrons. The van der Waals surface area contributed by atoms with Crippen molar-refractivity contribution < 1.29 is 33.8 Å². The summed E-state index contributed by atoms with van der Waals surface area (Å²) >= 11 is 0. The Kier molecular flexibility index (Phi) is 13.1. The minimum absolute atomic E-state index is 0.0107. The number of nitro benzene ring substituents is 2. The Morgan fingerprint density at radius 2 is 1.60 bits per heavy atom. The molecule has 1 heterocycles. The van der Waals surface area contributed by atoms with Crippen LogP contribution in [0.25, 0.3) is 0 Å². The number of carbonyl (C=O) groups is 5. The number of amides is 5. The second-order valence-corrected chi connectivity index (χ2v) is 12.0. The smallest absolute Gasteiger partial charge is 0.299 e. The van der Waals surface area contributed by atoms with Crippen molar-refractivity contribution in [2.45, 2.75) is 50.2 Å². The number of nitrogen functional groups attached to an aromatic ring is 1. The SMILES string of the molecule is NC(=O)CCC(NC(=O)C1CCCN1C(=O)C(Cc1ccccc1)NC(=O)c1ccccc1N)C(=O)NCCNc1ccc([N+](=O)[O-])cc1[N+](=O)[O-]. The van der Waals surface area contributed by atoms with Crippen LogP contribution in [0.2, 0.25) is 0 Å². The molecule has 1 fully saturated rings. The lowest BCUT2D eigenvalue weighted by atomic mass is 10.0. The second-order valence-electron chi connectivity index (χ2n) is 12.0. The zero-order chi connectivity index (χ0) is 37.8. The van der Waals surface area contributed by atoms with Gasteiger partial charge in [-0.15, -0.1) is 0 Å². The average Bonchev–Trinajstić information content (AvgIpc) is 3.62. The van der Waals surface area contributed by atoms with E-state index < -0.39 is 68.9 Å². The van der Waals surface area contributed by atoms with E-state index in [0.717, 1.165) is 17.7 Å². The first kappa shape index (κ1) is 38.2. The molecule has 5 amide bonds. The Morgan fingerprint density at radius 1 is 0.885 bits per heavy atom. The van der Waals surface area contributed by atoms with Crippen molar-refractivity contribution >= 4 is 52.3 Å². The predicted molar refractivity (Wildman–Crippen MR) is 189 cm³/mol. The molecule has 3 aromatic carbocycles. The van der Waals surface area contributed by atoms with Gasteiger partial charge in [-0.1, -0.05) is 42.5 Å². The van der Waals surface area contributed by atoms with Crippen molar-refractivity contribution in [1.82, 2.24) is 20.9 Å². The van der Waals surface area contributed by atoms with Gasteiger partial charge in [-0.25, -0.2) is 0 Å². The van der Waals surface area contributed by atoms with Crippen molar-refractivity contribution in [3.8, 4) is 0 Å². The Balaban J connectivity index is 1.43. The van der Waals surface area contributed by atoms with Crippen LogP contribution in [0.5, 0.6) is 0 Å². The van der Waals surface area contributed by atoms with Gasteiger partial charge in [-0.3, -0.25) is 44.2 Å². The third kappa shape index (κ3) is 10.2. The van der Waals surface area contributed by atoms with Gasteiger partial charge < -0.3 is 37.6 Å². The number of nitro groups is 2. The molecule has 18 heteroatoms. The number of rotatable bonds is 17. The van der Waals surface area contributed by atoms with Crippen molar-refractivity contribution in [2.24, 2.45) is 5.73 Å². The lowest BCUT2D eigenvalue weighted by Crippen LogP contribution is -2.57. The van der Waals surface area contributed by atoms with E-state index in [1.165, 1.54) is 17.0 Å². The number of hydrogen-bond donors (Lipinski definition) is 6. The Bertz CT molecular complexity index is 1820. The van der Waals surface area contributed by atoms with Gasteiger partial charge in [0, 0.05) is 44.2 Å². The highest BCUT2D eigenvalue weighted by Gasteiger charge is 2.39. The van der Waals surface area contributed by atoms with Crippen molar-refractivity contribution in [1.29, 1.82) is 0 Å². The zero-order valence-electron chi connectivity index (χ0n) is 28.0. The van der Waals surface area contributed by atoms with Gasteiger partial charge in [-0.05, 0) is 43.0 Å². The van der Waals surface area contributed by atoms with Gasteiger partial charge in [0.05, 0.1) is 21.5 Å². The number of likely N-dealkylation sites (tertiary alicyclic amines) is 1. The van der Waals surface area contributed by atoms with Crippen LogP contribution in [0.1, 0.15) is 41.6 Å². The number of nitrogens with one attached hydrogen (secondary N) is 4. The van der Waals surface area contributed by atoms with Crippen LogP contribution >= 0.6 is 0 Å². The molecule has 4 rings (SSSR count). The normalized spacial score (nSPS) is 14.8. The molecule has 3 aromatic rings. The maximum absolute atomic E-state index is 14.0. The quantitative estimate of drug-likeness (QED) is 0.0502. The summed E-state index contributed by atoms with van der Waals surface area (Å²) in [6, 6.07) is 15.3. The second kappa shape index (κ2) is 17.9. The largest absolute Gasteiger partial charge is 0.398 e. The van der Waals surface area contributed by atoms with Crippen LogP contribution in [0.3, 0.4) is 0 Å². The molecule has 3 atom stereocenters. The number of benzene rings is 3. The van der Waals surface area contributed by atoms with Crippen LogP contribution in [0.4, 0.5) is 22.7 Å². The lowest BCUT2D eigenvalue weighted by Gasteiger charge is -2.30. The molecule has 8 N–H and O–H groups in total. The number of carbonyl (C=O) groups excluding carboxylic acids is 5. The number of nitrogens with two attached hydrogens (primary N) is 2. The average molecular weight is 718 g/mol. The van der Waals surface area contributed by atoms with Crippen LogP contribution < -0.4 is 32.7 Å². The number of hydrogen-bond acceptors (Lipinski definition) is 11. The molecule has 1 aliphatic heterocycles. The lowest BCUT2D eigenvalue weighted by molar-refractivity contribution is -0.393. The van der Waals surface area contributed by atoms with Gasteiger partial charge >= 0.3 is 0 Å². The summed E-state index contributed by atoms with van der Waals surface area (Å²) in [5.41, 5.74) is 11.5. The summed E-state index contributed by atoms with van der Waals surface area (Å²) < 4.78 is 0. The molecular formula is C34H39N9O9. The predicted octanol–water partition coefficient (Wildman–Crippen LogP) is 1.40. The maximum Gasteiger partial charge on any atom is 0.299 e. The first-order chi connectivity index (χ1) is 24.8. The summed E-state index contributed by atoms with van der Waals surface area (Å²) in [6.07, 6.45) is 0.480. The van der Waals surface area contributed by atoms with E-state index in [2.05, 4.69) is 21.3 Å². The molecule has 0 bridgehead atoms. The third-order valence-electron chi connectivity index (χ3n) is 8.37. The summed E-state index contributed by atoms with van der Waals surface area (Å²) in [7, 11) is 0. The topological polar surface area (TPSA) is 275 Å². The van der Waals surface area contributed by atoms with Crippen LogP contribution in [-0.2, 0) is 25.6 Å². The summed E-state index contributed by atoms with van der Waals surface area (Å²) in [5, 5.41) is 33.2. The molecule has 3 unspecified atom stereocenters. The number of non-ortho nitro benzene ring substituents is 1. The summed E-state index contributed by atoms with van der Waals surface area (Å²) in [5.74, 6) is -3.11.